The molecule has 0 N–H and O–H groups in total. The number of benzene rings is 2. The molecule has 1 aliphatic carbocycles. The number of rotatable bonds is 2. The van der Waals surface area contributed by atoms with Gasteiger partial charge in [-0.15, -0.1) is 11.6 Å². The van der Waals surface area contributed by atoms with Crippen molar-refractivity contribution in [3.05, 3.63) is 69.4 Å². The summed E-state index contributed by atoms with van der Waals surface area (Å²) in [6, 6.07) is 13.5. The second kappa shape index (κ2) is 5.26. The van der Waals surface area contributed by atoms with Crippen molar-refractivity contribution in [1.29, 1.82) is 0 Å². The Bertz CT molecular complexity index is 586. The Kier molecular flexibility index (Phi) is 3.64. The van der Waals surface area contributed by atoms with E-state index in [9.17, 15) is 4.39 Å². The fraction of sp³-hybridized carbons (Fsp3) is 0.250. The maximum absolute atomic E-state index is 13.3. The fourth-order valence-corrected chi connectivity index (χ4v) is 3.47. The van der Waals surface area contributed by atoms with Crippen LogP contribution in [0.4, 0.5) is 4.39 Å². The second-order valence-electron chi connectivity index (χ2n) is 5.01. The molecule has 19 heavy (non-hydrogen) atoms. The zero-order valence-corrected chi connectivity index (χ0v) is 12.6. The molecule has 0 saturated carbocycles. The molecule has 0 heterocycles. The predicted molar refractivity (Wildman–Crippen MR) is 80.0 cm³/mol. The van der Waals surface area contributed by atoms with E-state index in [0.29, 0.717) is 10.4 Å². The van der Waals surface area contributed by atoms with Crippen LogP contribution in [0.15, 0.2) is 46.9 Å². The average molecular weight is 340 g/mol. The number of halogens is 3. The molecular formula is C16H13BrClF. The monoisotopic (exact) mass is 338 g/mol. The molecule has 0 nitrogen and oxygen atoms in total. The van der Waals surface area contributed by atoms with E-state index in [2.05, 4.69) is 40.2 Å². The van der Waals surface area contributed by atoms with Gasteiger partial charge in [-0.05, 0) is 63.5 Å². The molecule has 0 bridgehead atoms. The van der Waals surface area contributed by atoms with Gasteiger partial charge < -0.3 is 0 Å². The van der Waals surface area contributed by atoms with Crippen LogP contribution >= 0.6 is 27.5 Å². The van der Waals surface area contributed by atoms with Crippen LogP contribution in [0.3, 0.4) is 0 Å². The van der Waals surface area contributed by atoms with Gasteiger partial charge in [0.1, 0.15) is 5.82 Å². The lowest BCUT2D eigenvalue weighted by Crippen LogP contribution is -2.08. The zero-order chi connectivity index (χ0) is 13.4. The first-order chi connectivity index (χ1) is 9.15. The molecule has 3 heteroatoms. The third-order valence-corrected chi connectivity index (χ3v) is 4.97. The molecule has 1 atom stereocenters. The van der Waals surface area contributed by atoms with Crippen LogP contribution in [0, 0.1) is 11.7 Å². The smallest absolute Gasteiger partial charge is 0.137 e. The van der Waals surface area contributed by atoms with Crippen LogP contribution in [0.25, 0.3) is 0 Å². The Morgan fingerprint density at radius 3 is 2.32 bits per heavy atom. The molecular weight excluding hydrogens is 327 g/mol. The SMILES string of the molecule is Fc1ccc(C(Cl)C2Cc3ccccc3C2)cc1Br. The Hall–Kier alpha value is -0.860. The van der Waals surface area contributed by atoms with Gasteiger partial charge in [-0.1, -0.05) is 30.3 Å². The Morgan fingerprint density at radius 1 is 1.11 bits per heavy atom. The van der Waals surface area contributed by atoms with Crippen LogP contribution in [-0.4, -0.2) is 0 Å². The van der Waals surface area contributed by atoms with Crippen molar-refractivity contribution in [3.8, 4) is 0 Å². The molecule has 0 saturated heterocycles. The Labute approximate surface area is 125 Å². The lowest BCUT2D eigenvalue weighted by molar-refractivity contribution is 0.539. The van der Waals surface area contributed by atoms with E-state index >= 15 is 0 Å². The first-order valence-electron chi connectivity index (χ1n) is 6.31. The lowest BCUT2D eigenvalue weighted by Gasteiger charge is -2.17. The standard InChI is InChI=1S/C16H13BrClF/c17-14-9-12(5-6-15(14)19)16(18)13-7-10-3-1-2-4-11(10)8-13/h1-6,9,13,16H,7-8H2. The summed E-state index contributed by atoms with van der Waals surface area (Å²) in [4.78, 5) is 0. The molecule has 2 aromatic carbocycles. The predicted octanol–water partition coefficient (Wildman–Crippen LogP) is 5.28. The molecule has 3 rings (SSSR count). The minimum Gasteiger partial charge on any atom is -0.206 e. The molecule has 0 aromatic heterocycles. The normalized spacial score (nSPS) is 16.4. The van der Waals surface area contributed by atoms with Gasteiger partial charge in [0.05, 0.1) is 9.85 Å². The topological polar surface area (TPSA) is 0 Å². The summed E-state index contributed by atoms with van der Waals surface area (Å²) >= 11 is 9.80. The molecule has 0 aliphatic heterocycles. The number of alkyl halides is 1. The van der Waals surface area contributed by atoms with Crippen molar-refractivity contribution in [1.82, 2.24) is 0 Å². The van der Waals surface area contributed by atoms with Crippen LogP contribution in [0.1, 0.15) is 22.1 Å². The first kappa shape index (κ1) is 13.1. The summed E-state index contributed by atoms with van der Waals surface area (Å²) in [6.45, 7) is 0. The average Bonchev–Trinajstić information content (AvgIpc) is 2.85. The molecule has 0 amide bonds. The van der Waals surface area contributed by atoms with E-state index in [4.69, 9.17) is 11.6 Å². The summed E-state index contributed by atoms with van der Waals surface area (Å²) in [6.07, 6.45) is 2.00. The highest BCUT2D eigenvalue weighted by Crippen LogP contribution is 2.39. The Morgan fingerprint density at radius 2 is 1.74 bits per heavy atom. The maximum atomic E-state index is 13.3. The van der Waals surface area contributed by atoms with Gasteiger partial charge in [0.25, 0.3) is 0 Å². The summed E-state index contributed by atoms with van der Waals surface area (Å²) < 4.78 is 13.7. The molecule has 98 valence electrons. The van der Waals surface area contributed by atoms with Crippen LogP contribution in [0.2, 0.25) is 0 Å². The van der Waals surface area contributed by atoms with Crippen molar-refractivity contribution in [2.24, 2.45) is 5.92 Å². The number of hydrogen-bond donors (Lipinski definition) is 0. The van der Waals surface area contributed by atoms with Crippen LogP contribution in [-0.2, 0) is 12.8 Å². The fourth-order valence-electron chi connectivity index (χ4n) is 2.76. The first-order valence-corrected chi connectivity index (χ1v) is 7.54. The highest BCUT2D eigenvalue weighted by molar-refractivity contribution is 9.10. The van der Waals surface area contributed by atoms with E-state index in [-0.39, 0.29) is 11.2 Å². The molecule has 0 radical (unpaired) electrons. The number of fused-ring (bicyclic) bond motifs is 1. The zero-order valence-electron chi connectivity index (χ0n) is 10.2. The van der Waals surface area contributed by atoms with Crippen molar-refractivity contribution in [3.63, 3.8) is 0 Å². The summed E-state index contributed by atoms with van der Waals surface area (Å²) in [5.74, 6) is 0.138. The minimum atomic E-state index is -0.248. The van der Waals surface area contributed by atoms with E-state index in [1.54, 1.807) is 12.1 Å². The van der Waals surface area contributed by atoms with Crippen molar-refractivity contribution >= 4 is 27.5 Å². The lowest BCUT2D eigenvalue weighted by atomic mass is 9.96. The van der Waals surface area contributed by atoms with Gasteiger partial charge >= 0.3 is 0 Å². The van der Waals surface area contributed by atoms with E-state index in [1.807, 2.05) is 0 Å². The highest BCUT2D eigenvalue weighted by atomic mass is 79.9. The van der Waals surface area contributed by atoms with Crippen molar-refractivity contribution in [2.45, 2.75) is 18.2 Å². The third-order valence-electron chi connectivity index (χ3n) is 3.76. The van der Waals surface area contributed by atoms with E-state index in [1.165, 1.54) is 17.2 Å². The highest BCUT2D eigenvalue weighted by Gasteiger charge is 2.28. The summed E-state index contributed by atoms with van der Waals surface area (Å²) in [7, 11) is 0. The summed E-state index contributed by atoms with van der Waals surface area (Å²) in [5, 5.41) is -0.0794. The van der Waals surface area contributed by atoms with Gasteiger partial charge in [-0.25, -0.2) is 4.39 Å². The molecule has 0 spiro atoms. The Balaban J connectivity index is 1.82. The van der Waals surface area contributed by atoms with Crippen LogP contribution in [0.5, 0.6) is 0 Å². The maximum Gasteiger partial charge on any atom is 0.137 e. The van der Waals surface area contributed by atoms with Gasteiger partial charge in [-0.3, -0.25) is 0 Å². The molecule has 0 fully saturated rings. The van der Waals surface area contributed by atoms with Gasteiger partial charge in [0.15, 0.2) is 0 Å². The second-order valence-corrected chi connectivity index (χ2v) is 6.34. The number of hydrogen-bond acceptors (Lipinski definition) is 0. The third kappa shape index (κ3) is 2.56. The van der Waals surface area contributed by atoms with Gasteiger partial charge in [0, 0.05) is 0 Å². The quantitative estimate of drug-likeness (QED) is 0.653. The van der Waals surface area contributed by atoms with E-state index in [0.717, 1.165) is 18.4 Å². The molecule has 1 unspecified atom stereocenters. The van der Waals surface area contributed by atoms with Crippen molar-refractivity contribution < 1.29 is 4.39 Å². The molecule has 2 aromatic rings. The minimum absolute atomic E-state index is 0.0794. The van der Waals surface area contributed by atoms with E-state index < -0.39 is 0 Å². The largest absolute Gasteiger partial charge is 0.206 e. The van der Waals surface area contributed by atoms with Gasteiger partial charge in [0.2, 0.25) is 0 Å². The molecule has 1 aliphatic rings. The van der Waals surface area contributed by atoms with Crippen LogP contribution < -0.4 is 0 Å². The van der Waals surface area contributed by atoms with Crippen molar-refractivity contribution in [2.75, 3.05) is 0 Å². The summed E-state index contributed by atoms with van der Waals surface area (Å²) in [5.41, 5.74) is 3.76. The van der Waals surface area contributed by atoms with Gasteiger partial charge in [-0.2, -0.15) is 0 Å².